The molecule has 0 aromatic carbocycles. The Morgan fingerprint density at radius 3 is 2.68 bits per heavy atom. The quantitative estimate of drug-likeness (QED) is 0.819. The van der Waals surface area contributed by atoms with Crippen LogP contribution in [0.3, 0.4) is 0 Å². The normalized spacial score (nSPS) is 14.8. The molecule has 1 aliphatic carbocycles. The third-order valence-electron chi connectivity index (χ3n) is 3.22. The van der Waals surface area contributed by atoms with Gasteiger partial charge in [-0.3, -0.25) is 0 Å². The molecular weight excluding hydrogens is 236 g/mol. The Labute approximate surface area is 116 Å². The van der Waals surface area contributed by atoms with Crippen LogP contribution in [0.5, 0.6) is 0 Å². The van der Waals surface area contributed by atoms with Crippen molar-refractivity contribution in [3.8, 4) is 0 Å². The van der Waals surface area contributed by atoms with E-state index in [9.17, 15) is 0 Å². The fraction of sp³-hybridized carbons (Fsp3) is 0.733. The van der Waals surface area contributed by atoms with Gasteiger partial charge in [-0.25, -0.2) is 4.98 Å². The zero-order chi connectivity index (χ0) is 13.8. The fourth-order valence-electron chi connectivity index (χ4n) is 2.22. The van der Waals surface area contributed by atoms with Gasteiger partial charge >= 0.3 is 0 Å². The maximum atomic E-state index is 4.69. The molecule has 0 radical (unpaired) electrons. The second kappa shape index (κ2) is 6.22. The molecule has 0 atom stereocenters. The lowest BCUT2D eigenvalue weighted by molar-refractivity contribution is 0.602. The van der Waals surface area contributed by atoms with E-state index in [2.05, 4.69) is 47.0 Å². The Hall–Kier alpha value is -1.32. The van der Waals surface area contributed by atoms with Gasteiger partial charge in [-0.15, -0.1) is 0 Å². The van der Waals surface area contributed by atoms with E-state index in [1.165, 1.54) is 12.8 Å². The highest BCUT2D eigenvalue weighted by Crippen LogP contribution is 2.31. The number of hydrogen-bond acceptors (Lipinski definition) is 4. The summed E-state index contributed by atoms with van der Waals surface area (Å²) in [4.78, 5) is 11.6. The number of aryl methyl sites for hydroxylation is 1. The average Bonchev–Trinajstić information content (AvgIpc) is 3.16. The molecule has 0 bridgehead atoms. The maximum Gasteiger partial charge on any atom is 0.224 e. The van der Waals surface area contributed by atoms with Crippen LogP contribution in [0, 0.1) is 12.8 Å². The lowest BCUT2D eigenvalue weighted by atomic mass is 10.2. The van der Waals surface area contributed by atoms with Crippen molar-refractivity contribution in [3.63, 3.8) is 0 Å². The van der Waals surface area contributed by atoms with E-state index in [1.807, 2.05) is 6.92 Å². The van der Waals surface area contributed by atoms with Crippen LogP contribution in [-0.2, 0) is 0 Å². The van der Waals surface area contributed by atoms with Gasteiger partial charge in [0.2, 0.25) is 5.95 Å². The first-order valence-electron chi connectivity index (χ1n) is 7.46. The Balaban J connectivity index is 2.18. The molecule has 1 heterocycles. The topological polar surface area (TPSA) is 41.1 Å². The van der Waals surface area contributed by atoms with E-state index in [-0.39, 0.29) is 0 Å². The van der Waals surface area contributed by atoms with Crippen molar-refractivity contribution in [2.24, 2.45) is 5.92 Å². The molecule has 2 rings (SSSR count). The number of nitrogens with zero attached hydrogens (tertiary/aromatic N) is 3. The summed E-state index contributed by atoms with van der Waals surface area (Å²) in [5, 5.41) is 3.29. The molecule has 4 nitrogen and oxygen atoms in total. The van der Waals surface area contributed by atoms with Crippen molar-refractivity contribution in [3.05, 3.63) is 11.8 Å². The number of anilines is 2. The summed E-state index contributed by atoms with van der Waals surface area (Å²) in [6.45, 7) is 10.7. The number of aromatic nitrogens is 2. The Bertz CT molecular complexity index is 413. The van der Waals surface area contributed by atoms with Crippen LogP contribution < -0.4 is 10.2 Å². The number of nitrogens with one attached hydrogen (secondary N) is 1. The molecule has 1 N–H and O–H groups in total. The standard InChI is InChI=1S/C15H26N4/c1-5-8-16-15-17-12(4)9-14(18-15)19(10-11(2)3)13-6-7-13/h9,11,13H,5-8,10H2,1-4H3,(H,16,17,18). The van der Waals surface area contributed by atoms with Gasteiger partial charge in [-0.1, -0.05) is 20.8 Å². The molecule has 0 amide bonds. The lowest BCUT2D eigenvalue weighted by Gasteiger charge is -2.26. The molecule has 19 heavy (non-hydrogen) atoms. The van der Waals surface area contributed by atoms with Crippen molar-refractivity contribution >= 4 is 11.8 Å². The van der Waals surface area contributed by atoms with Crippen LogP contribution >= 0.6 is 0 Å². The van der Waals surface area contributed by atoms with Crippen LogP contribution in [0.1, 0.15) is 45.7 Å². The highest BCUT2D eigenvalue weighted by Gasteiger charge is 2.30. The highest BCUT2D eigenvalue weighted by molar-refractivity contribution is 5.46. The molecule has 0 saturated heterocycles. The molecule has 0 spiro atoms. The minimum absolute atomic E-state index is 0.655. The summed E-state index contributed by atoms with van der Waals surface area (Å²) in [6.07, 6.45) is 3.69. The van der Waals surface area contributed by atoms with Crippen molar-refractivity contribution in [2.45, 2.75) is 53.0 Å². The summed E-state index contributed by atoms with van der Waals surface area (Å²) in [5.74, 6) is 2.51. The minimum Gasteiger partial charge on any atom is -0.354 e. The van der Waals surface area contributed by atoms with Gasteiger partial charge in [0.05, 0.1) is 0 Å². The molecule has 1 aromatic heterocycles. The lowest BCUT2D eigenvalue weighted by Crippen LogP contribution is -2.31. The van der Waals surface area contributed by atoms with Gasteiger partial charge in [0.25, 0.3) is 0 Å². The molecule has 1 fully saturated rings. The van der Waals surface area contributed by atoms with Crippen molar-refractivity contribution in [2.75, 3.05) is 23.3 Å². The van der Waals surface area contributed by atoms with Gasteiger partial charge < -0.3 is 10.2 Å². The molecule has 1 aromatic rings. The van der Waals surface area contributed by atoms with Crippen molar-refractivity contribution in [1.82, 2.24) is 9.97 Å². The predicted molar refractivity (Wildman–Crippen MR) is 80.8 cm³/mol. The van der Waals surface area contributed by atoms with Crippen LogP contribution in [0.2, 0.25) is 0 Å². The van der Waals surface area contributed by atoms with Crippen LogP contribution in [0.4, 0.5) is 11.8 Å². The van der Waals surface area contributed by atoms with E-state index < -0.39 is 0 Å². The Morgan fingerprint density at radius 1 is 1.37 bits per heavy atom. The largest absolute Gasteiger partial charge is 0.354 e. The van der Waals surface area contributed by atoms with Gasteiger partial charge in [-0.05, 0) is 32.1 Å². The molecule has 1 saturated carbocycles. The summed E-state index contributed by atoms with van der Waals surface area (Å²) >= 11 is 0. The van der Waals surface area contributed by atoms with E-state index in [0.29, 0.717) is 12.0 Å². The molecule has 106 valence electrons. The minimum atomic E-state index is 0.655. The third-order valence-corrected chi connectivity index (χ3v) is 3.22. The van der Waals surface area contributed by atoms with Gasteiger partial charge in [-0.2, -0.15) is 4.98 Å². The smallest absolute Gasteiger partial charge is 0.224 e. The summed E-state index contributed by atoms with van der Waals surface area (Å²) in [5.41, 5.74) is 1.04. The van der Waals surface area contributed by atoms with Crippen LogP contribution in [0.15, 0.2) is 6.07 Å². The summed E-state index contributed by atoms with van der Waals surface area (Å²) < 4.78 is 0. The second-order valence-corrected chi connectivity index (χ2v) is 5.90. The van der Waals surface area contributed by atoms with Crippen LogP contribution in [0.25, 0.3) is 0 Å². The third kappa shape index (κ3) is 4.08. The molecule has 4 heteroatoms. The first-order chi connectivity index (χ1) is 9.10. The molecule has 0 unspecified atom stereocenters. The van der Waals surface area contributed by atoms with Crippen LogP contribution in [-0.4, -0.2) is 29.1 Å². The molecular formula is C15H26N4. The number of rotatable bonds is 7. The summed E-state index contributed by atoms with van der Waals surface area (Å²) in [6, 6.07) is 2.80. The predicted octanol–water partition coefficient (Wildman–Crippen LogP) is 3.23. The first kappa shape index (κ1) is 14.1. The Morgan fingerprint density at radius 2 is 2.11 bits per heavy atom. The van der Waals surface area contributed by atoms with E-state index in [1.54, 1.807) is 0 Å². The van der Waals surface area contributed by atoms with E-state index >= 15 is 0 Å². The highest BCUT2D eigenvalue weighted by atomic mass is 15.3. The van der Waals surface area contributed by atoms with Gasteiger partial charge in [0.15, 0.2) is 0 Å². The maximum absolute atomic E-state index is 4.69. The van der Waals surface area contributed by atoms with E-state index in [4.69, 9.17) is 0 Å². The zero-order valence-electron chi connectivity index (χ0n) is 12.6. The Kier molecular flexibility index (Phi) is 4.61. The second-order valence-electron chi connectivity index (χ2n) is 5.90. The van der Waals surface area contributed by atoms with E-state index in [0.717, 1.165) is 37.0 Å². The zero-order valence-corrected chi connectivity index (χ0v) is 12.6. The molecule has 0 aliphatic heterocycles. The fourth-order valence-corrected chi connectivity index (χ4v) is 2.22. The van der Waals surface area contributed by atoms with Gasteiger partial charge in [0, 0.05) is 30.9 Å². The monoisotopic (exact) mass is 262 g/mol. The van der Waals surface area contributed by atoms with Crippen molar-refractivity contribution in [1.29, 1.82) is 0 Å². The van der Waals surface area contributed by atoms with Crippen molar-refractivity contribution < 1.29 is 0 Å². The average molecular weight is 262 g/mol. The molecule has 1 aliphatic rings. The SMILES string of the molecule is CCCNc1nc(C)cc(N(CC(C)C)C2CC2)n1. The van der Waals surface area contributed by atoms with Gasteiger partial charge in [0.1, 0.15) is 5.82 Å². The number of hydrogen-bond donors (Lipinski definition) is 1. The first-order valence-corrected chi connectivity index (χ1v) is 7.46. The summed E-state index contributed by atoms with van der Waals surface area (Å²) in [7, 11) is 0.